The molecule has 0 spiro atoms. The maximum Gasteiger partial charge on any atom is 0.0217 e. The minimum absolute atomic E-state index is 0.721. The molecule has 2 nitrogen and oxygen atoms in total. The van der Waals surface area contributed by atoms with Crippen LogP contribution in [-0.4, -0.2) is 37.1 Å². The monoisotopic (exact) mass is 226 g/mol. The highest BCUT2D eigenvalue weighted by Gasteiger charge is 2.25. The van der Waals surface area contributed by atoms with Crippen LogP contribution in [0.2, 0.25) is 0 Å². The maximum atomic E-state index is 3.49. The van der Waals surface area contributed by atoms with Gasteiger partial charge >= 0.3 is 0 Å². The van der Waals surface area contributed by atoms with Crippen LogP contribution in [0.1, 0.15) is 52.9 Å². The van der Waals surface area contributed by atoms with Gasteiger partial charge in [-0.3, -0.25) is 4.90 Å². The van der Waals surface area contributed by atoms with Crippen molar-refractivity contribution in [3.8, 4) is 0 Å². The Morgan fingerprint density at radius 2 is 1.81 bits per heavy atom. The molecule has 0 aromatic rings. The summed E-state index contributed by atoms with van der Waals surface area (Å²) in [6.07, 6.45) is 6.91. The molecule has 2 heteroatoms. The molecule has 96 valence electrons. The van der Waals surface area contributed by atoms with Crippen LogP contribution >= 0.6 is 0 Å². The van der Waals surface area contributed by atoms with E-state index in [1.807, 2.05) is 0 Å². The smallest absolute Gasteiger partial charge is 0.0217 e. The summed E-state index contributed by atoms with van der Waals surface area (Å²) in [5.41, 5.74) is 0. The SMILES string of the molecule is CCNCC(CC)N(C)C1CCC(C)CC1. The first-order valence-electron chi connectivity index (χ1n) is 7.11. The zero-order chi connectivity index (χ0) is 12.0. The summed E-state index contributed by atoms with van der Waals surface area (Å²) in [6.45, 7) is 9.13. The van der Waals surface area contributed by atoms with Crippen molar-refractivity contribution in [2.45, 2.75) is 65.0 Å². The lowest BCUT2D eigenvalue weighted by molar-refractivity contribution is 0.119. The highest BCUT2D eigenvalue weighted by atomic mass is 15.2. The van der Waals surface area contributed by atoms with E-state index in [0.29, 0.717) is 0 Å². The van der Waals surface area contributed by atoms with Gasteiger partial charge in [-0.15, -0.1) is 0 Å². The van der Waals surface area contributed by atoms with Crippen LogP contribution in [0.4, 0.5) is 0 Å². The summed E-state index contributed by atoms with van der Waals surface area (Å²) in [6, 6.07) is 1.55. The van der Waals surface area contributed by atoms with Crippen molar-refractivity contribution in [3.05, 3.63) is 0 Å². The molecule has 0 saturated heterocycles. The van der Waals surface area contributed by atoms with Crippen LogP contribution in [0.15, 0.2) is 0 Å². The van der Waals surface area contributed by atoms with Gasteiger partial charge in [0.15, 0.2) is 0 Å². The van der Waals surface area contributed by atoms with Gasteiger partial charge in [-0.1, -0.05) is 20.8 Å². The number of hydrogen-bond acceptors (Lipinski definition) is 2. The fourth-order valence-corrected chi connectivity index (χ4v) is 2.84. The second kappa shape index (κ2) is 7.29. The standard InChI is InChI=1S/C14H30N2/c1-5-13(11-15-6-2)16(4)14-9-7-12(3)8-10-14/h12-15H,5-11H2,1-4H3. The van der Waals surface area contributed by atoms with E-state index in [2.05, 4.69) is 38.0 Å². The number of likely N-dealkylation sites (N-methyl/N-ethyl adjacent to an activating group) is 2. The lowest BCUT2D eigenvalue weighted by Crippen LogP contribution is -2.46. The van der Waals surface area contributed by atoms with Crippen LogP contribution < -0.4 is 5.32 Å². The van der Waals surface area contributed by atoms with E-state index in [4.69, 9.17) is 0 Å². The average Bonchev–Trinajstić information content (AvgIpc) is 2.30. The maximum absolute atomic E-state index is 3.49. The predicted molar refractivity (Wildman–Crippen MR) is 71.8 cm³/mol. The van der Waals surface area contributed by atoms with Crippen LogP contribution in [0.3, 0.4) is 0 Å². The van der Waals surface area contributed by atoms with Gasteiger partial charge in [0, 0.05) is 18.6 Å². The molecule has 0 bridgehead atoms. The molecule has 1 aliphatic rings. The average molecular weight is 226 g/mol. The summed E-state index contributed by atoms with van der Waals surface area (Å²) in [5.74, 6) is 0.957. The quantitative estimate of drug-likeness (QED) is 0.749. The molecule has 1 aliphatic carbocycles. The molecule has 0 amide bonds. The predicted octanol–water partition coefficient (Wildman–Crippen LogP) is 2.89. The molecule has 0 aliphatic heterocycles. The first-order valence-corrected chi connectivity index (χ1v) is 7.11. The third-order valence-electron chi connectivity index (χ3n) is 4.24. The first kappa shape index (κ1) is 14.0. The minimum atomic E-state index is 0.721. The summed E-state index contributed by atoms with van der Waals surface area (Å²) in [5, 5.41) is 3.49. The lowest BCUT2D eigenvalue weighted by atomic mass is 9.86. The van der Waals surface area contributed by atoms with Gasteiger partial charge in [0.1, 0.15) is 0 Å². The van der Waals surface area contributed by atoms with E-state index in [1.165, 1.54) is 32.1 Å². The Morgan fingerprint density at radius 3 is 2.31 bits per heavy atom. The zero-order valence-electron chi connectivity index (χ0n) is 11.6. The fourth-order valence-electron chi connectivity index (χ4n) is 2.84. The summed E-state index contributed by atoms with van der Waals surface area (Å²) in [4.78, 5) is 2.63. The molecule has 16 heavy (non-hydrogen) atoms. The van der Waals surface area contributed by atoms with Gasteiger partial charge in [0.2, 0.25) is 0 Å². The van der Waals surface area contributed by atoms with E-state index in [1.54, 1.807) is 0 Å². The van der Waals surface area contributed by atoms with Gasteiger partial charge in [-0.05, 0) is 51.6 Å². The van der Waals surface area contributed by atoms with Crippen LogP contribution in [0.25, 0.3) is 0 Å². The van der Waals surface area contributed by atoms with E-state index in [-0.39, 0.29) is 0 Å². The molecule has 0 aromatic carbocycles. The van der Waals surface area contributed by atoms with Crippen molar-refractivity contribution < 1.29 is 0 Å². The molecule has 1 saturated carbocycles. The number of hydrogen-bond donors (Lipinski definition) is 1. The molecule has 0 aromatic heterocycles. The second-order valence-electron chi connectivity index (χ2n) is 5.45. The van der Waals surface area contributed by atoms with Crippen molar-refractivity contribution in [1.82, 2.24) is 10.2 Å². The Hall–Kier alpha value is -0.0800. The third-order valence-corrected chi connectivity index (χ3v) is 4.24. The highest BCUT2D eigenvalue weighted by molar-refractivity contribution is 4.81. The molecule has 0 radical (unpaired) electrons. The third kappa shape index (κ3) is 4.06. The van der Waals surface area contributed by atoms with E-state index in [0.717, 1.165) is 31.1 Å². The highest BCUT2D eigenvalue weighted by Crippen LogP contribution is 2.27. The molecule has 1 rings (SSSR count). The van der Waals surface area contributed by atoms with Crippen LogP contribution in [0, 0.1) is 5.92 Å². The van der Waals surface area contributed by atoms with Crippen molar-refractivity contribution in [2.24, 2.45) is 5.92 Å². The molecule has 1 unspecified atom stereocenters. The normalized spacial score (nSPS) is 28.3. The van der Waals surface area contributed by atoms with Gasteiger partial charge in [-0.2, -0.15) is 0 Å². The minimum Gasteiger partial charge on any atom is -0.315 e. The number of rotatable bonds is 6. The fraction of sp³-hybridized carbons (Fsp3) is 1.00. The Labute approximate surface area is 102 Å². The second-order valence-corrected chi connectivity index (χ2v) is 5.45. The van der Waals surface area contributed by atoms with Crippen molar-refractivity contribution >= 4 is 0 Å². The summed E-state index contributed by atoms with van der Waals surface area (Å²) in [7, 11) is 2.33. The van der Waals surface area contributed by atoms with Crippen LogP contribution in [-0.2, 0) is 0 Å². The summed E-state index contributed by atoms with van der Waals surface area (Å²) >= 11 is 0. The van der Waals surface area contributed by atoms with E-state index < -0.39 is 0 Å². The van der Waals surface area contributed by atoms with Crippen molar-refractivity contribution in [2.75, 3.05) is 20.1 Å². The van der Waals surface area contributed by atoms with Gasteiger partial charge in [0.25, 0.3) is 0 Å². The van der Waals surface area contributed by atoms with Gasteiger partial charge in [0.05, 0.1) is 0 Å². The van der Waals surface area contributed by atoms with Crippen LogP contribution in [0.5, 0.6) is 0 Å². The largest absolute Gasteiger partial charge is 0.315 e. The molecular weight excluding hydrogens is 196 g/mol. The summed E-state index contributed by atoms with van der Waals surface area (Å²) < 4.78 is 0. The Balaban J connectivity index is 2.37. The molecular formula is C14H30N2. The van der Waals surface area contributed by atoms with Crippen molar-refractivity contribution in [3.63, 3.8) is 0 Å². The van der Waals surface area contributed by atoms with E-state index >= 15 is 0 Å². The van der Waals surface area contributed by atoms with Gasteiger partial charge in [-0.25, -0.2) is 0 Å². The Kier molecular flexibility index (Phi) is 6.37. The molecule has 1 atom stereocenters. The number of nitrogens with one attached hydrogen (secondary N) is 1. The lowest BCUT2D eigenvalue weighted by Gasteiger charge is -2.38. The van der Waals surface area contributed by atoms with Gasteiger partial charge < -0.3 is 5.32 Å². The Morgan fingerprint density at radius 1 is 1.19 bits per heavy atom. The molecule has 1 fully saturated rings. The van der Waals surface area contributed by atoms with Crippen molar-refractivity contribution in [1.29, 1.82) is 0 Å². The zero-order valence-corrected chi connectivity index (χ0v) is 11.6. The Bertz CT molecular complexity index is 169. The molecule has 0 heterocycles. The number of nitrogens with zero attached hydrogens (tertiary/aromatic N) is 1. The van der Waals surface area contributed by atoms with E-state index in [9.17, 15) is 0 Å². The first-order chi connectivity index (χ1) is 7.69. The molecule has 1 N–H and O–H groups in total. The topological polar surface area (TPSA) is 15.3 Å².